The molecular weight excluding hydrogens is 597 g/mol. The summed E-state index contributed by atoms with van der Waals surface area (Å²) in [5.74, 6) is 0.836. The maximum absolute atomic E-state index is 10.5. The molecule has 2 heterocycles. The summed E-state index contributed by atoms with van der Waals surface area (Å²) in [5, 5.41) is 20.7. The summed E-state index contributed by atoms with van der Waals surface area (Å²) in [4.78, 5) is 4.95. The maximum Gasteiger partial charge on any atom is 0.101 e. The van der Waals surface area contributed by atoms with Gasteiger partial charge in [0.15, 0.2) is 0 Å². The highest BCUT2D eigenvalue weighted by molar-refractivity contribution is 5.88. The normalized spacial score (nSPS) is 23.3. The fourth-order valence-electron chi connectivity index (χ4n) is 9.31. The van der Waals surface area contributed by atoms with Crippen LogP contribution >= 0.6 is 0 Å². The Kier molecular flexibility index (Phi) is 7.32. The van der Waals surface area contributed by atoms with Crippen LogP contribution in [-0.2, 0) is 0 Å². The Balaban J connectivity index is 1.16. The zero-order valence-electron chi connectivity index (χ0n) is 27.6. The molecule has 2 aliphatic heterocycles. The Morgan fingerprint density at radius 3 is 2.49 bits per heavy atom. The maximum atomic E-state index is 10.5. The SMILES string of the molecule is N#Cc1cc(-c2cccc(-c3cccc(C#N)c3N3C4=C(CCC=C4)C4CCCCCC43)c2)cc(N2c3ccccc3C3C=CC=C[C@H]32)c1. The zero-order valence-corrected chi connectivity index (χ0v) is 27.6. The molecule has 4 nitrogen and oxygen atoms in total. The highest BCUT2D eigenvalue weighted by atomic mass is 15.2. The summed E-state index contributed by atoms with van der Waals surface area (Å²) in [7, 11) is 0. The molecule has 0 amide bonds. The summed E-state index contributed by atoms with van der Waals surface area (Å²) >= 11 is 0. The van der Waals surface area contributed by atoms with Crippen molar-refractivity contribution in [1.29, 1.82) is 10.5 Å². The predicted octanol–water partition coefficient (Wildman–Crippen LogP) is 10.9. The van der Waals surface area contributed by atoms with Crippen molar-refractivity contribution in [2.45, 2.75) is 62.9 Å². The molecule has 3 aliphatic carbocycles. The topological polar surface area (TPSA) is 54.1 Å². The number of nitrogens with zero attached hydrogens (tertiary/aromatic N) is 4. The van der Waals surface area contributed by atoms with Gasteiger partial charge in [0, 0.05) is 40.5 Å². The van der Waals surface area contributed by atoms with Crippen LogP contribution in [0.25, 0.3) is 22.3 Å². The van der Waals surface area contributed by atoms with Crippen LogP contribution in [0.4, 0.5) is 17.1 Å². The molecule has 4 aromatic carbocycles. The van der Waals surface area contributed by atoms with Gasteiger partial charge in [-0.15, -0.1) is 0 Å². The molecule has 0 N–H and O–H groups in total. The summed E-state index contributed by atoms with van der Waals surface area (Å²) < 4.78 is 0. The van der Waals surface area contributed by atoms with Crippen molar-refractivity contribution >= 4 is 17.1 Å². The molecule has 4 aromatic rings. The molecule has 5 aliphatic rings. The fourth-order valence-corrected chi connectivity index (χ4v) is 9.31. The molecule has 4 atom stereocenters. The minimum absolute atomic E-state index is 0.160. The standard InChI is InChI=1S/C45H38N4/c46-28-30-24-34(27-35(25-30)48-41-21-7-4-16-37(41)38-17-5-8-22-42(38)48)31-12-10-13-32(26-31)36-19-11-14-33(29-47)45(36)49-43-20-3-1-2-15-39(43)40-18-6-9-23-44(40)49/h4-5,7-14,16-17,19,21-27,37,39,41,43H,1-3,6,15,18,20H2/t37?,39?,41-,43?/m1/s1. The van der Waals surface area contributed by atoms with Crippen molar-refractivity contribution in [3.05, 3.63) is 149 Å². The van der Waals surface area contributed by atoms with E-state index in [1.54, 1.807) is 5.57 Å². The molecule has 1 saturated carbocycles. The average Bonchev–Trinajstić information content (AvgIpc) is 3.54. The minimum atomic E-state index is 0.160. The second-order valence-electron chi connectivity index (χ2n) is 14.0. The number of para-hydroxylation sites is 2. The van der Waals surface area contributed by atoms with Crippen molar-refractivity contribution < 1.29 is 0 Å². The van der Waals surface area contributed by atoms with E-state index in [9.17, 15) is 10.5 Å². The van der Waals surface area contributed by atoms with Crippen LogP contribution in [0.3, 0.4) is 0 Å². The smallest absolute Gasteiger partial charge is 0.101 e. The average molecular weight is 635 g/mol. The second kappa shape index (κ2) is 12.1. The van der Waals surface area contributed by atoms with Crippen LogP contribution in [0.2, 0.25) is 0 Å². The molecule has 0 saturated heterocycles. The Hall–Kier alpha value is -5.58. The number of anilines is 3. The van der Waals surface area contributed by atoms with Gasteiger partial charge in [-0.2, -0.15) is 10.5 Å². The van der Waals surface area contributed by atoms with Crippen LogP contribution < -0.4 is 9.80 Å². The van der Waals surface area contributed by atoms with Gasteiger partial charge in [0.1, 0.15) is 6.07 Å². The molecule has 0 radical (unpaired) electrons. The second-order valence-corrected chi connectivity index (χ2v) is 14.0. The Morgan fingerprint density at radius 1 is 0.714 bits per heavy atom. The van der Waals surface area contributed by atoms with E-state index in [0.29, 0.717) is 17.5 Å². The van der Waals surface area contributed by atoms with E-state index in [-0.39, 0.29) is 12.0 Å². The third kappa shape index (κ3) is 4.86. The lowest BCUT2D eigenvalue weighted by molar-refractivity contribution is 0.466. The summed E-state index contributed by atoms with van der Waals surface area (Å²) in [6.45, 7) is 0. The van der Waals surface area contributed by atoms with Crippen molar-refractivity contribution in [3.63, 3.8) is 0 Å². The Bertz CT molecular complexity index is 2190. The lowest BCUT2D eigenvalue weighted by Crippen LogP contribution is -2.34. The first-order valence-electron chi connectivity index (χ1n) is 17.8. The Morgan fingerprint density at radius 2 is 1.57 bits per heavy atom. The van der Waals surface area contributed by atoms with E-state index >= 15 is 0 Å². The first-order chi connectivity index (χ1) is 24.2. The highest BCUT2D eigenvalue weighted by Gasteiger charge is 2.42. The molecule has 3 unspecified atom stereocenters. The zero-order chi connectivity index (χ0) is 32.9. The van der Waals surface area contributed by atoms with E-state index in [0.717, 1.165) is 58.5 Å². The van der Waals surface area contributed by atoms with Gasteiger partial charge >= 0.3 is 0 Å². The van der Waals surface area contributed by atoms with E-state index in [4.69, 9.17) is 0 Å². The number of nitriles is 2. The molecule has 1 fully saturated rings. The van der Waals surface area contributed by atoms with Gasteiger partial charge in [-0.3, -0.25) is 0 Å². The number of hydrogen-bond acceptors (Lipinski definition) is 4. The van der Waals surface area contributed by atoms with E-state index < -0.39 is 0 Å². The molecule has 0 aromatic heterocycles. The van der Waals surface area contributed by atoms with Crippen LogP contribution in [0.5, 0.6) is 0 Å². The number of allylic oxidation sites excluding steroid dienone is 4. The summed E-state index contributed by atoms with van der Waals surface area (Å²) in [5.41, 5.74) is 13.1. The van der Waals surface area contributed by atoms with Crippen LogP contribution in [0, 0.1) is 28.6 Å². The third-order valence-electron chi connectivity index (χ3n) is 11.4. The first-order valence-corrected chi connectivity index (χ1v) is 17.8. The highest BCUT2D eigenvalue weighted by Crippen LogP contribution is 2.51. The molecule has 238 valence electrons. The van der Waals surface area contributed by atoms with Crippen LogP contribution in [0.1, 0.15) is 67.6 Å². The lowest BCUT2D eigenvalue weighted by atomic mass is 9.86. The molecule has 49 heavy (non-hydrogen) atoms. The molecule has 0 bridgehead atoms. The number of benzene rings is 4. The molecule has 9 rings (SSSR count). The van der Waals surface area contributed by atoms with Crippen molar-refractivity contribution in [1.82, 2.24) is 0 Å². The largest absolute Gasteiger partial charge is 0.336 e. The minimum Gasteiger partial charge on any atom is -0.336 e. The predicted molar refractivity (Wildman–Crippen MR) is 198 cm³/mol. The van der Waals surface area contributed by atoms with Gasteiger partial charge in [-0.1, -0.05) is 98.2 Å². The third-order valence-corrected chi connectivity index (χ3v) is 11.4. The van der Waals surface area contributed by atoms with Gasteiger partial charge in [0.25, 0.3) is 0 Å². The number of fused-ring (bicyclic) bond motifs is 5. The lowest BCUT2D eigenvalue weighted by Gasteiger charge is -2.33. The van der Waals surface area contributed by atoms with Crippen molar-refractivity contribution in [2.24, 2.45) is 5.92 Å². The van der Waals surface area contributed by atoms with E-state index in [2.05, 4.69) is 119 Å². The van der Waals surface area contributed by atoms with E-state index in [1.165, 1.54) is 42.6 Å². The van der Waals surface area contributed by atoms with Gasteiger partial charge in [0.2, 0.25) is 0 Å². The van der Waals surface area contributed by atoms with Crippen molar-refractivity contribution in [2.75, 3.05) is 9.80 Å². The van der Waals surface area contributed by atoms with Gasteiger partial charge in [0.05, 0.1) is 28.9 Å². The number of rotatable bonds is 4. The number of hydrogen-bond donors (Lipinski definition) is 0. The molecular formula is C45H38N4. The molecule has 4 heteroatoms. The van der Waals surface area contributed by atoms with E-state index in [1.807, 2.05) is 24.3 Å². The van der Waals surface area contributed by atoms with Gasteiger partial charge < -0.3 is 9.80 Å². The fraction of sp³-hybridized carbons (Fsp3) is 0.244. The van der Waals surface area contributed by atoms with Gasteiger partial charge in [-0.05, 0) is 96.0 Å². The van der Waals surface area contributed by atoms with Gasteiger partial charge in [-0.25, -0.2) is 0 Å². The monoisotopic (exact) mass is 634 g/mol. The summed E-state index contributed by atoms with van der Waals surface area (Å²) in [6, 6.07) is 35.3. The van der Waals surface area contributed by atoms with Crippen LogP contribution in [-0.4, -0.2) is 12.1 Å². The van der Waals surface area contributed by atoms with Crippen LogP contribution in [0.15, 0.2) is 133 Å². The quantitative estimate of drug-likeness (QED) is 0.224. The first kappa shape index (κ1) is 29.6. The molecule has 0 spiro atoms. The Labute approximate surface area is 289 Å². The van der Waals surface area contributed by atoms with Crippen molar-refractivity contribution in [3.8, 4) is 34.4 Å². The summed E-state index contributed by atoms with van der Waals surface area (Å²) in [6.07, 6.45) is 21.9.